The number of carboxylic acids is 1. The summed E-state index contributed by atoms with van der Waals surface area (Å²) in [6, 6.07) is 13.5. The third-order valence-electron chi connectivity index (χ3n) is 3.88. The molecule has 28 heavy (non-hydrogen) atoms. The second-order valence-electron chi connectivity index (χ2n) is 6.38. The summed E-state index contributed by atoms with van der Waals surface area (Å²) >= 11 is 0. The summed E-state index contributed by atoms with van der Waals surface area (Å²) in [6.45, 7) is 3.59. The molecule has 0 bridgehead atoms. The SMILES string of the molecule is COc1cc(/C=N/C(C(=O)O)C(C)C)ccc1OC(=O)C=Cc1ccccc1. The van der Waals surface area contributed by atoms with Gasteiger partial charge in [0.2, 0.25) is 0 Å². The number of rotatable bonds is 8. The Kier molecular flexibility index (Phi) is 7.51. The maximum Gasteiger partial charge on any atom is 0.336 e. The van der Waals surface area contributed by atoms with Crippen LogP contribution in [-0.2, 0) is 9.59 Å². The highest BCUT2D eigenvalue weighted by Gasteiger charge is 2.19. The van der Waals surface area contributed by atoms with Crippen LogP contribution in [0, 0.1) is 5.92 Å². The molecule has 6 nitrogen and oxygen atoms in total. The quantitative estimate of drug-likeness (QED) is 0.325. The number of carboxylic acid groups (broad SMARTS) is 1. The van der Waals surface area contributed by atoms with Crippen LogP contribution < -0.4 is 9.47 Å². The van der Waals surface area contributed by atoms with Crippen LogP contribution in [0.25, 0.3) is 6.08 Å². The molecule has 0 aliphatic carbocycles. The molecule has 0 radical (unpaired) electrons. The normalized spacial score (nSPS) is 12.4. The number of benzene rings is 2. The first-order valence-electron chi connectivity index (χ1n) is 8.79. The molecule has 0 heterocycles. The van der Waals surface area contributed by atoms with E-state index >= 15 is 0 Å². The van der Waals surface area contributed by atoms with Crippen molar-refractivity contribution in [3.63, 3.8) is 0 Å². The predicted molar refractivity (Wildman–Crippen MR) is 108 cm³/mol. The van der Waals surface area contributed by atoms with Gasteiger partial charge in [0.25, 0.3) is 0 Å². The van der Waals surface area contributed by atoms with E-state index in [1.54, 1.807) is 38.1 Å². The van der Waals surface area contributed by atoms with Gasteiger partial charge in [-0.3, -0.25) is 4.99 Å². The molecule has 1 N–H and O–H groups in total. The van der Waals surface area contributed by atoms with E-state index in [4.69, 9.17) is 9.47 Å². The van der Waals surface area contributed by atoms with E-state index < -0.39 is 18.0 Å². The number of aliphatic imine (C=N–C) groups is 1. The van der Waals surface area contributed by atoms with Gasteiger partial charge >= 0.3 is 11.9 Å². The molecule has 0 spiro atoms. The molecule has 1 unspecified atom stereocenters. The molecule has 146 valence electrons. The van der Waals surface area contributed by atoms with Crippen molar-refractivity contribution in [2.75, 3.05) is 7.11 Å². The van der Waals surface area contributed by atoms with E-state index in [-0.39, 0.29) is 11.7 Å². The van der Waals surface area contributed by atoms with Crippen molar-refractivity contribution < 1.29 is 24.2 Å². The van der Waals surface area contributed by atoms with Crippen LogP contribution in [0.2, 0.25) is 0 Å². The fourth-order valence-electron chi connectivity index (χ4n) is 2.41. The lowest BCUT2D eigenvalue weighted by atomic mass is 10.1. The first kappa shape index (κ1) is 20.9. The average molecular weight is 381 g/mol. The maximum absolute atomic E-state index is 12.0. The summed E-state index contributed by atoms with van der Waals surface area (Å²) in [7, 11) is 1.46. The van der Waals surface area contributed by atoms with Crippen LogP contribution in [0.15, 0.2) is 59.6 Å². The third-order valence-corrected chi connectivity index (χ3v) is 3.88. The van der Waals surface area contributed by atoms with E-state index in [0.717, 1.165) is 5.56 Å². The summed E-state index contributed by atoms with van der Waals surface area (Å²) in [5.41, 5.74) is 1.53. The molecule has 0 aromatic heterocycles. The highest BCUT2D eigenvalue weighted by molar-refractivity contribution is 5.89. The molecule has 1 atom stereocenters. The van der Waals surface area contributed by atoms with Crippen LogP contribution >= 0.6 is 0 Å². The van der Waals surface area contributed by atoms with Gasteiger partial charge in [-0.2, -0.15) is 0 Å². The third kappa shape index (κ3) is 6.09. The summed E-state index contributed by atoms with van der Waals surface area (Å²) < 4.78 is 10.6. The van der Waals surface area contributed by atoms with E-state index in [0.29, 0.717) is 11.3 Å². The van der Waals surface area contributed by atoms with E-state index in [1.165, 1.54) is 19.4 Å². The van der Waals surface area contributed by atoms with Gasteiger partial charge in [0.1, 0.15) is 6.04 Å². The highest BCUT2D eigenvalue weighted by Crippen LogP contribution is 2.28. The largest absolute Gasteiger partial charge is 0.493 e. The zero-order valence-corrected chi connectivity index (χ0v) is 16.0. The molecule has 0 aliphatic rings. The number of hydrogen-bond acceptors (Lipinski definition) is 5. The van der Waals surface area contributed by atoms with Gasteiger partial charge in [-0.1, -0.05) is 44.2 Å². The van der Waals surface area contributed by atoms with Crippen molar-refractivity contribution in [2.45, 2.75) is 19.9 Å². The number of carbonyl (C=O) groups excluding carboxylic acids is 1. The Balaban J connectivity index is 2.11. The second kappa shape index (κ2) is 10.1. The zero-order valence-electron chi connectivity index (χ0n) is 16.0. The Morgan fingerprint density at radius 3 is 2.36 bits per heavy atom. The van der Waals surface area contributed by atoms with Gasteiger partial charge in [-0.15, -0.1) is 0 Å². The molecule has 6 heteroatoms. The monoisotopic (exact) mass is 381 g/mol. The fraction of sp³-hybridized carbons (Fsp3) is 0.227. The van der Waals surface area contributed by atoms with Gasteiger partial charge < -0.3 is 14.6 Å². The molecule has 0 saturated heterocycles. The second-order valence-corrected chi connectivity index (χ2v) is 6.38. The van der Waals surface area contributed by atoms with E-state index in [9.17, 15) is 14.7 Å². The Labute approximate surface area is 164 Å². The van der Waals surface area contributed by atoms with E-state index in [1.807, 2.05) is 30.3 Å². The van der Waals surface area contributed by atoms with Crippen molar-refractivity contribution in [2.24, 2.45) is 10.9 Å². The van der Waals surface area contributed by atoms with Crippen molar-refractivity contribution in [1.29, 1.82) is 0 Å². The van der Waals surface area contributed by atoms with Gasteiger partial charge in [-0.05, 0) is 41.3 Å². The first-order valence-corrected chi connectivity index (χ1v) is 8.79. The minimum atomic E-state index is -0.978. The molecule has 0 amide bonds. The van der Waals surface area contributed by atoms with Gasteiger partial charge in [0.15, 0.2) is 11.5 Å². The molecular formula is C22H23NO5. The summed E-state index contributed by atoms with van der Waals surface area (Å²) in [5.74, 6) is -1.03. The lowest BCUT2D eigenvalue weighted by Gasteiger charge is -2.11. The molecule has 2 rings (SSSR count). The van der Waals surface area contributed by atoms with Crippen LogP contribution in [0.5, 0.6) is 11.5 Å². The lowest BCUT2D eigenvalue weighted by Crippen LogP contribution is -2.24. The number of nitrogens with zero attached hydrogens (tertiary/aromatic N) is 1. The zero-order chi connectivity index (χ0) is 20.5. The topological polar surface area (TPSA) is 85.2 Å². The molecule has 0 aliphatic heterocycles. The summed E-state index contributed by atoms with van der Waals surface area (Å²) in [4.78, 5) is 27.4. The standard InChI is InChI=1S/C22H23NO5/c1-15(2)21(22(25)26)23-14-17-9-11-18(19(13-17)27-3)28-20(24)12-10-16-7-5-4-6-8-16/h4-15,21H,1-3H3,(H,25,26)/b12-10?,23-14+. The molecule has 2 aromatic rings. The van der Waals surface area contributed by atoms with Gasteiger partial charge in [0, 0.05) is 12.3 Å². The summed E-state index contributed by atoms with van der Waals surface area (Å²) in [5, 5.41) is 9.20. The fourth-order valence-corrected chi connectivity index (χ4v) is 2.41. The molecule has 0 saturated carbocycles. The van der Waals surface area contributed by atoms with E-state index in [2.05, 4.69) is 4.99 Å². The maximum atomic E-state index is 12.0. The first-order chi connectivity index (χ1) is 13.4. The van der Waals surface area contributed by atoms with Crippen LogP contribution in [-0.4, -0.2) is 36.4 Å². The smallest absolute Gasteiger partial charge is 0.336 e. The van der Waals surface area contributed by atoms with Crippen molar-refractivity contribution >= 4 is 24.2 Å². The summed E-state index contributed by atoms with van der Waals surface area (Å²) in [6.07, 6.45) is 4.47. The number of methoxy groups -OCH3 is 1. The van der Waals surface area contributed by atoms with Crippen molar-refractivity contribution in [3.05, 3.63) is 65.7 Å². The Bertz CT molecular complexity index is 872. The number of carbonyl (C=O) groups is 2. The number of esters is 1. The van der Waals surface area contributed by atoms with Crippen LogP contribution in [0.3, 0.4) is 0 Å². The Morgan fingerprint density at radius 1 is 1.04 bits per heavy atom. The van der Waals surface area contributed by atoms with Crippen molar-refractivity contribution in [3.8, 4) is 11.5 Å². The van der Waals surface area contributed by atoms with Crippen LogP contribution in [0.4, 0.5) is 0 Å². The Hall–Kier alpha value is -3.41. The minimum absolute atomic E-state index is 0.132. The Morgan fingerprint density at radius 2 is 1.75 bits per heavy atom. The lowest BCUT2D eigenvalue weighted by molar-refractivity contribution is -0.139. The van der Waals surface area contributed by atoms with Crippen LogP contribution in [0.1, 0.15) is 25.0 Å². The predicted octanol–water partition coefficient (Wildman–Crippen LogP) is 3.84. The average Bonchev–Trinajstić information content (AvgIpc) is 2.67. The molecule has 2 aromatic carbocycles. The van der Waals surface area contributed by atoms with Crippen molar-refractivity contribution in [1.82, 2.24) is 0 Å². The van der Waals surface area contributed by atoms with Gasteiger partial charge in [0.05, 0.1) is 7.11 Å². The number of ether oxygens (including phenoxy) is 2. The van der Waals surface area contributed by atoms with Gasteiger partial charge in [-0.25, -0.2) is 9.59 Å². The number of hydrogen-bond donors (Lipinski definition) is 1. The number of aliphatic carboxylic acids is 1. The molecule has 0 fully saturated rings. The minimum Gasteiger partial charge on any atom is -0.493 e. The highest BCUT2D eigenvalue weighted by atomic mass is 16.6. The molecular weight excluding hydrogens is 358 g/mol.